The Kier molecular flexibility index (Phi) is 3.10. The zero-order chi connectivity index (χ0) is 14.1. The lowest BCUT2D eigenvalue weighted by atomic mass is 9.99. The molecule has 1 heterocycles. The van der Waals surface area contributed by atoms with E-state index in [0.717, 1.165) is 29.8 Å². The molecule has 0 N–H and O–H groups in total. The van der Waals surface area contributed by atoms with Crippen LogP contribution in [0.5, 0.6) is 0 Å². The van der Waals surface area contributed by atoms with Gasteiger partial charge in [0.1, 0.15) is 5.82 Å². The van der Waals surface area contributed by atoms with Crippen molar-refractivity contribution in [1.29, 1.82) is 0 Å². The molecule has 4 nitrogen and oxygen atoms in total. The Morgan fingerprint density at radius 2 is 1.85 bits per heavy atom. The minimum absolute atomic E-state index is 0.0910. The Balaban J connectivity index is 1.83. The molecular formula is C15H13FN2O2. The lowest BCUT2D eigenvalue weighted by molar-refractivity contribution is -0.384. The number of benzene rings is 2. The van der Waals surface area contributed by atoms with E-state index in [1.807, 2.05) is 6.07 Å². The number of fused-ring (bicyclic) bond motifs is 1. The maximum absolute atomic E-state index is 13.2. The van der Waals surface area contributed by atoms with Crippen LogP contribution in [0.2, 0.25) is 0 Å². The minimum Gasteiger partial charge on any atom is -0.367 e. The number of hydrogen-bond donors (Lipinski definition) is 0. The van der Waals surface area contributed by atoms with Crippen molar-refractivity contribution in [3.05, 3.63) is 69.5 Å². The second-order valence-electron chi connectivity index (χ2n) is 4.86. The third-order valence-corrected chi connectivity index (χ3v) is 3.61. The van der Waals surface area contributed by atoms with E-state index in [4.69, 9.17) is 0 Å². The van der Waals surface area contributed by atoms with Gasteiger partial charge in [-0.2, -0.15) is 0 Å². The summed E-state index contributed by atoms with van der Waals surface area (Å²) < 4.78 is 13.2. The smallest absolute Gasteiger partial charge is 0.269 e. The normalized spacial score (nSPS) is 13.9. The lowest BCUT2D eigenvalue weighted by Crippen LogP contribution is -2.30. The van der Waals surface area contributed by atoms with Crippen molar-refractivity contribution < 1.29 is 9.31 Å². The van der Waals surface area contributed by atoms with Crippen molar-refractivity contribution in [3.63, 3.8) is 0 Å². The van der Waals surface area contributed by atoms with Gasteiger partial charge in [-0.1, -0.05) is 6.07 Å². The zero-order valence-corrected chi connectivity index (χ0v) is 10.8. The zero-order valence-electron chi connectivity index (χ0n) is 10.8. The number of nitro groups is 1. The maximum Gasteiger partial charge on any atom is 0.269 e. The molecular weight excluding hydrogens is 259 g/mol. The van der Waals surface area contributed by atoms with Crippen molar-refractivity contribution in [3.8, 4) is 0 Å². The van der Waals surface area contributed by atoms with Crippen LogP contribution in [-0.2, 0) is 13.0 Å². The third kappa shape index (κ3) is 2.34. The molecule has 20 heavy (non-hydrogen) atoms. The van der Waals surface area contributed by atoms with Gasteiger partial charge in [0, 0.05) is 30.9 Å². The monoisotopic (exact) mass is 272 g/mol. The number of rotatable bonds is 2. The molecule has 0 amide bonds. The first-order valence-corrected chi connectivity index (χ1v) is 6.40. The Labute approximate surface area is 115 Å². The van der Waals surface area contributed by atoms with Crippen LogP contribution in [0.15, 0.2) is 42.5 Å². The van der Waals surface area contributed by atoms with Gasteiger partial charge in [-0.25, -0.2) is 4.39 Å². The molecule has 0 saturated heterocycles. The van der Waals surface area contributed by atoms with Gasteiger partial charge in [-0.15, -0.1) is 0 Å². The van der Waals surface area contributed by atoms with Crippen molar-refractivity contribution in [2.75, 3.05) is 11.4 Å². The average Bonchev–Trinajstić information content (AvgIpc) is 2.47. The predicted octanol–water partition coefficient (Wildman–Crippen LogP) is 3.30. The molecule has 102 valence electrons. The first kappa shape index (κ1) is 12.6. The van der Waals surface area contributed by atoms with Crippen LogP contribution in [0.4, 0.5) is 15.8 Å². The van der Waals surface area contributed by atoms with Crippen LogP contribution in [0.1, 0.15) is 11.1 Å². The quantitative estimate of drug-likeness (QED) is 0.622. The molecule has 0 atom stereocenters. The van der Waals surface area contributed by atoms with Crippen LogP contribution >= 0.6 is 0 Å². The fraction of sp³-hybridized carbons (Fsp3) is 0.200. The van der Waals surface area contributed by atoms with Gasteiger partial charge in [-0.05, 0) is 41.8 Å². The highest BCUT2D eigenvalue weighted by Crippen LogP contribution is 2.26. The predicted molar refractivity (Wildman–Crippen MR) is 74.3 cm³/mol. The standard InChI is InChI=1S/C15H13FN2O2/c16-13-2-1-12-10-17(8-7-11(12)9-13)14-3-5-15(6-4-14)18(19)20/h1-6,9H,7-8,10H2. The number of hydrogen-bond acceptors (Lipinski definition) is 3. The van der Waals surface area contributed by atoms with Gasteiger partial charge >= 0.3 is 0 Å². The highest BCUT2D eigenvalue weighted by Gasteiger charge is 2.17. The summed E-state index contributed by atoms with van der Waals surface area (Å²) in [6.45, 7) is 1.49. The van der Waals surface area contributed by atoms with Crippen molar-refractivity contribution in [2.24, 2.45) is 0 Å². The van der Waals surface area contributed by atoms with E-state index in [2.05, 4.69) is 4.90 Å². The fourth-order valence-electron chi connectivity index (χ4n) is 2.53. The van der Waals surface area contributed by atoms with Crippen LogP contribution in [0, 0.1) is 15.9 Å². The van der Waals surface area contributed by atoms with E-state index in [1.165, 1.54) is 18.2 Å². The Bertz CT molecular complexity index is 655. The van der Waals surface area contributed by atoms with E-state index in [9.17, 15) is 14.5 Å². The molecule has 2 aromatic rings. The molecule has 0 unspecified atom stereocenters. The van der Waals surface area contributed by atoms with Gasteiger partial charge in [0.05, 0.1) is 4.92 Å². The molecule has 0 spiro atoms. The van der Waals surface area contributed by atoms with Gasteiger partial charge in [0.25, 0.3) is 5.69 Å². The maximum atomic E-state index is 13.2. The molecule has 0 radical (unpaired) electrons. The van der Waals surface area contributed by atoms with Crippen LogP contribution in [-0.4, -0.2) is 11.5 Å². The summed E-state index contributed by atoms with van der Waals surface area (Å²) in [6, 6.07) is 11.4. The molecule has 5 heteroatoms. The van der Waals surface area contributed by atoms with E-state index < -0.39 is 4.92 Å². The number of nitro benzene ring substituents is 1. The molecule has 0 saturated carbocycles. The lowest BCUT2D eigenvalue weighted by Gasteiger charge is -2.30. The highest BCUT2D eigenvalue weighted by molar-refractivity contribution is 5.53. The summed E-state index contributed by atoms with van der Waals surface area (Å²) in [5.74, 6) is -0.201. The van der Waals surface area contributed by atoms with Gasteiger partial charge < -0.3 is 4.90 Å². The minimum atomic E-state index is -0.405. The van der Waals surface area contributed by atoms with Gasteiger partial charge in [-0.3, -0.25) is 10.1 Å². The molecule has 2 aromatic carbocycles. The summed E-state index contributed by atoms with van der Waals surface area (Å²) >= 11 is 0. The largest absolute Gasteiger partial charge is 0.367 e. The summed E-state index contributed by atoms with van der Waals surface area (Å²) in [7, 11) is 0. The number of non-ortho nitro benzene ring substituents is 1. The summed E-state index contributed by atoms with van der Waals surface area (Å²) in [5, 5.41) is 10.6. The van der Waals surface area contributed by atoms with E-state index in [1.54, 1.807) is 18.2 Å². The van der Waals surface area contributed by atoms with Crippen molar-refractivity contribution >= 4 is 11.4 Å². The highest BCUT2D eigenvalue weighted by atomic mass is 19.1. The van der Waals surface area contributed by atoms with E-state index >= 15 is 0 Å². The van der Waals surface area contributed by atoms with E-state index in [-0.39, 0.29) is 11.5 Å². The Morgan fingerprint density at radius 3 is 2.55 bits per heavy atom. The Hall–Kier alpha value is -2.43. The van der Waals surface area contributed by atoms with E-state index in [0.29, 0.717) is 6.54 Å². The van der Waals surface area contributed by atoms with Gasteiger partial charge in [0.15, 0.2) is 0 Å². The summed E-state index contributed by atoms with van der Waals surface area (Å²) in [4.78, 5) is 12.4. The van der Waals surface area contributed by atoms with Crippen molar-refractivity contribution in [2.45, 2.75) is 13.0 Å². The number of anilines is 1. The summed E-state index contributed by atoms with van der Waals surface area (Å²) in [6.07, 6.45) is 0.782. The first-order chi connectivity index (χ1) is 9.63. The van der Waals surface area contributed by atoms with Crippen LogP contribution in [0.3, 0.4) is 0 Å². The number of halogens is 1. The summed E-state index contributed by atoms with van der Waals surface area (Å²) in [5.41, 5.74) is 3.19. The molecule has 0 bridgehead atoms. The topological polar surface area (TPSA) is 46.4 Å². The molecule has 0 aromatic heterocycles. The first-order valence-electron chi connectivity index (χ1n) is 6.40. The Morgan fingerprint density at radius 1 is 1.10 bits per heavy atom. The van der Waals surface area contributed by atoms with Crippen molar-refractivity contribution in [1.82, 2.24) is 0 Å². The molecule has 3 rings (SSSR count). The third-order valence-electron chi connectivity index (χ3n) is 3.61. The second-order valence-corrected chi connectivity index (χ2v) is 4.86. The van der Waals surface area contributed by atoms with Gasteiger partial charge in [0.2, 0.25) is 0 Å². The molecule has 0 aliphatic carbocycles. The van der Waals surface area contributed by atoms with Crippen LogP contribution in [0.25, 0.3) is 0 Å². The average molecular weight is 272 g/mol. The number of nitrogens with zero attached hydrogens (tertiary/aromatic N) is 2. The fourth-order valence-corrected chi connectivity index (χ4v) is 2.53. The SMILES string of the molecule is O=[N+]([O-])c1ccc(N2CCc3cc(F)ccc3C2)cc1. The van der Waals surface area contributed by atoms with Crippen LogP contribution < -0.4 is 4.90 Å². The molecule has 0 fully saturated rings. The molecule has 1 aliphatic heterocycles. The second kappa shape index (κ2) is 4.92. The molecule has 1 aliphatic rings.